The summed E-state index contributed by atoms with van der Waals surface area (Å²) in [4.78, 5) is 1.20. The van der Waals surface area contributed by atoms with Crippen molar-refractivity contribution in [1.29, 1.82) is 0 Å². The monoisotopic (exact) mass is 311 g/mol. The van der Waals surface area contributed by atoms with E-state index in [4.69, 9.17) is 11.6 Å². The Bertz CT molecular complexity index is 562. The van der Waals surface area contributed by atoms with Gasteiger partial charge in [-0.15, -0.1) is 11.3 Å². The van der Waals surface area contributed by atoms with Crippen LogP contribution in [0.2, 0.25) is 4.34 Å². The summed E-state index contributed by atoms with van der Waals surface area (Å²) in [6, 6.07) is 10.9. The zero-order chi connectivity index (χ0) is 14.8. The molecule has 108 valence electrons. The van der Waals surface area contributed by atoms with E-state index in [9.17, 15) is 4.39 Å². The van der Waals surface area contributed by atoms with E-state index in [2.05, 4.69) is 32.2 Å². The van der Waals surface area contributed by atoms with Crippen molar-refractivity contribution >= 4 is 22.9 Å². The Hall–Kier alpha value is -0.900. The summed E-state index contributed by atoms with van der Waals surface area (Å²) >= 11 is 7.65. The Morgan fingerprint density at radius 1 is 1.20 bits per heavy atom. The topological polar surface area (TPSA) is 12.0 Å². The Labute approximate surface area is 128 Å². The quantitative estimate of drug-likeness (QED) is 0.803. The van der Waals surface area contributed by atoms with Crippen molar-refractivity contribution in [2.45, 2.75) is 32.2 Å². The summed E-state index contributed by atoms with van der Waals surface area (Å²) < 4.78 is 13.9. The third-order valence-electron chi connectivity index (χ3n) is 3.60. The fraction of sp³-hybridized carbons (Fsp3) is 0.375. The van der Waals surface area contributed by atoms with Crippen molar-refractivity contribution in [2.75, 3.05) is 6.54 Å². The van der Waals surface area contributed by atoms with Crippen molar-refractivity contribution < 1.29 is 4.39 Å². The van der Waals surface area contributed by atoms with Crippen LogP contribution in [0.1, 0.15) is 37.3 Å². The highest BCUT2D eigenvalue weighted by molar-refractivity contribution is 7.16. The highest BCUT2D eigenvalue weighted by Crippen LogP contribution is 2.40. The van der Waals surface area contributed by atoms with Crippen molar-refractivity contribution in [3.8, 4) is 0 Å². The standard InChI is InChI=1S/C16H19ClFNS/c1-4-19-15(13-9-10-14(17)20-13)16(2,3)11-5-7-12(18)8-6-11/h5-10,15,19H,4H2,1-3H3. The second-order valence-corrected chi connectivity index (χ2v) is 7.11. The Kier molecular flexibility index (Phi) is 4.84. The lowest BCUT2D eigenvalue weighted by Gasteiger charge is -2.35. The number of nitrogens with one attached hydrogen (secondary N) is 1. The molecule has 0 saturated heterocycles. The minimum Gasteiger partial charge on any atom is -0.309 e. The predicted molar refractivity (Wildman–Crippen MR) is 85.2 cm³/mol. The van der Waals surface area contributed by atoms with Crippen molar-refractivity contribution in [3.63, 3.8) is 0 Å². The van der Waals surface area contributed by atoms with Crippen LogP contribution in [-0.4, -0.2) is 6.54 Å². The first-order valence-corrected chi connectivity index (χ1v) is 7.89. The Balaban J connectivity index is 2.38. The van der Waals surface area contributed by atoms with Gasteiger partial charge in [-0.1, -0.05) is 44.5 Å². The highest BCUT2D eigenvalue weighted by atomic mass is 35.5. The SMILES string of the molecule is CCNC(c1ccc(Cl)s1)C(C)(C)c1ccc(F)cc1. The molecule has 1 aromatic heterocycles. The van der Waals surface area contributed by atoms with Crippen LogP contribution in [0.25, 0.3) is 0 Å². The lowest BCUT2D eigenvalue weighted by molar-refractivity contribution is 0.358. The second-order valence-electron chi connectivity index (χ2n) is 5.36. The van der Waals surface area contributed by atoms with Gasteiger partial charge in [-0.3, -0.25) is 0 Å². The Morgan fingerprint density at radius 2 is 1.85 bits per heavy atom. The van der Waals surface area contributed by atoms with Crippen molar-refractivity contribution in [2.24, 2.45) is 0 Å². The molecule has 0 amide bonds. The number of rotatable bonds is 5. The number of likely N-dealkylation sites (N-methyl/N-ethyl adjacent to an activating group) is 1. The van der Waals surface area contributed by atoms with Gasteiger partial charge in [0.1, 0.15) is 5.82 Å². The largest absolute Gasteiger partial charge is 0.309 e. The molecule has 1 unspecified atom stereocenters. The van der Waals surface area contributed by atoms with Gasteiger partial charge < -0.3 is 5.32 Å². The maximum atomic E-state index is 13.1. The number of benzene rings is 1. The van der Waals surface area contributed by atoms with Crippen LogP contribution in [0.4, 0.5) is 4.39 Å². The maximum absolute atomic E-state index is 13.1. The van der Waals surface area contributed by atoms with Gasteiger partial charge in [-0.2, -0.15) is 0 Å². The third-order valence-corrected chi connectivity index (χ3v) is 4.89. The molecule has 1 nitrogen and oxygen atoms in total. The molecule has 4 heteroatoms. The molecule has 0 radical (unpaired) electrons. The average molecular weight is 312 g/mol. The molecular weight excluding hydrogens is 293 g/mol. The number of hydrogen-bond donors (Lipinski definition) is 1. The Morgan fingerprint density at radius 3 is 2.35 bits per heavy atom. The summed E-state index contributed by atoms with van der Waals surface area (Å²) in [5.74, 6) is -0.205. The molecule has 0 saturated carbocycles. The third kappa shape index (κ3) is 3.22. The fourth-order valence-corrected chi connectivity index (χ4v) is 3.77. The summed E-state index contributed by atoms with van der Waals surface area (Å²) in [6.45, 7) is 7.29. The molecule has 20 heavy (non-hydrogen) atoms. The van der Waals surface area contributed by atoms with Crippen LogP contribution < -0.4 is 5.32 Å². The van der Waals surface area contributed by atoms with Gasteiger partial charge in [0.25, 0.3) is 0 Å². The van der Waals surface area contributed by atoms with E-state index in [1.54, 1.807) is 11.3 Å². The number of thiophene rings is 1. The van der Waals surface area contributed by atoms with Gasteiger partial charge in [-0.25, -0.2) is 4.39 Å². The van der Waals surface area contributed by atoms with Gasteiger partial charge in [0.05, 0.1) is 10.4 Å². The van der Waals surface area contributed by atoms with Crippen LogP contribution in [0, 0.1) is 5.82 Å². The maximum Gasteiger partial charge on any atom is 0.123 e. The molecule has 1 heterocycles. The van der Waals surface area contributed by atoms with Crippen LogP contribution in [-0.2, 0) is 5.41 Å². The zero-order valence-corrected chi connectivity index (χ0v) is 13.5. The molecule has 2 aromatic rings. The minimum absolute atomic E-state index is 0.149. The van der Waals surface area contributed by atoms with E-state index < -0.39 is 0 Å². The van der Waals surface area contributed by atoms with Gasteiger partial charge in [-0.05, 0) is 36.4 Å². The van der Waals surface area contributed by atoms with Crippen molar-refractivity contribution in [3.05, 3.63) is 57.0 Å². The first-order chi connectivity index (χ1) is 9.45. The average Bonchev–Trinajstić information content (AvgIpc) is 2.82. The molecule has 0 aliphatic rings. The summed E-state index contributed by atoms with van der Waals surface area (Å²) in [5, 5.41) is 3.52. The summed E-state index contributed by atoms with van der Waals surface area (Å²) in [7, 11) is 0. The minimum atomic E-state index is -0.205. The molecule has 0 bridgehead atoms. The van der Waals surface area contributed by atoms with E-state index in [0.717, 1.165) is 16.4 Å². The molecule has 1 N–H and O–H groups in total. The molecule has 1 atom stereocenters. The van der Waals surface area contributed by atoms with E-state index >= 15 is 0 Å². The molecule has 2 rings (SSSR count). The lowest BCUT2D eigenvalue weighted by atomic mass is 9.77. The van der Waals surface area contributed by atoms with Crippen LogP contribution in [0.15, 0.2) is 36.4 Å². The first-order valence-electron chi connectivity index (χ1n) is 6.69. The van der Waals surface area contributed by atoms with E-state index in [1.807, 2.05) is 18.2 Å². The molecule has 1 aromatic carbocycles. The first kappa shape index (κ1) is 15.5. The number of hydrogen-bond acceptors (Lipinski definition) is 2. The van der Waals surface area contributed by atoms with E-state index in [0.29, 0.717) is 0 Å². The molecule has 0 aliphatic heterocycles. The summed E-state index contributed by atoms with van der Waals surface area (Å²) in [6.07, 6.45) is 0. The summed E-state index contributed by atoms with van der Waals surface area (Å²) in [5.41, 5.74) is 0.951. The smallest absolute Gasteiger partial charge is 0.123 e. The molecule has 0 fully saturated rings. The van der Waals surface area contributed by atoms with Crippen LogP contribution in [0.5, 0.6) is 0 Å². The molecule has 0 spiro atoms. The normalized spacial score (nSPS) is 13.4. The molecular formula is C16H19ClFNS. The van der Waals surface area contributed by atoms with Gasteiger partial charge in [0.2, 0.25) is 0 Å². The van der Waals surface area contributed by atoms with Gasteiger partial charge in [0, 0.05) is 10.3 Å². The predicted octanol–water partition coefficient (Wildman–Crippen LogP) is 5.17. The van der Waals surface area contributed by atoms with E-state index in [1.165, 1.54) is 17.0 Å². The van der Waals surface area contributed by atoms with Crippen LogP contribution >= 0.6 is 22.9 Å². The zero-order valence-electron chi connectivity index (χ0n) is 11.9. The highest BCUT2D eigenvalue weighted by Gasteiger charge is 2.33. The van der Waals surface area contributed by atoms with Gasteiger partial charge >= 0.3 is 0 Å². The van der Waals surface area contributed by atoms with Crippen LogP contribution in [0.3, 0.4) is 0 Å². The molecule has 0 aliphatic carbocycles. The number of halogens is 2. The van der Waals surface area contributed by atoms with E-state index in [-0.39, 0.29) is 17.3 Å². The fourth-order valence-electron chi connectivity index (χ4n) is 2.45. The second kappa shape index (κ2) is 6.25. The lowest BCUT2D eigenvalue weighted by Crippen LogP contribution is -2.36. The van der Waals surface area contributed by atoms with Gasteiger partial charge in [0.15, 0.2) is 0 Å². The van der Waals surface area contributed by atoms with Crippen molar-refractivity contribution in [1.82, 2.24) is 5.32 Å².